The molecule has 1 aromatic carbocycles. The number of morpholine rings is 1. The first-order valence-corrected chi connectivity index (χ1v) is 9.45. The number of hydrogen-bond acceptors (Lipinski definition) is 4. The molecule has 0 spiro atoms. The highest BCUT2D eigenvalue weighted by molar-refractivity contribution is 5.23. The van der Waals surface area contributed by atoms with Crippen LogP contribution in [0, 0.1) is 5.92 Å². The predicted molar refractivity (Wildman–Crippen MR) is 98.3 cm³/mol. The first kappa shape index (κ1) is 16.8. The molecule has 1 saturated carbocycles. The fourth-order valence-corrected chi connectivity index (χ4v) is 3.59. The highest BCUT2D eigenvalue weighted by atomic mass is 16.5. The number of benzene rings is 1. The molecule has 1 aliphatic carbocycles. The van der Waals surface area contributed by atoms with Crippen molar-refractivity contribution >= 4 is 0 Å². The fourth-order valence-electron chi connectivity index (χ4n) is 3.59. The Labute approximate surface area is 150 Å². The summed E-state index contributed by atoms with van der Waals surface area (Å²) in [7, 11) is 0. The summed E-state index contributed by atoms with van der Waals surface area (Å²) in [5.74, 6) is 3.65. The Morgan fingerprint density at radius 1 is 1.08 bits per heavy atom. The van der Waals surface area contributed by atoms with Gasteiger partial charge in [0.2, 0.25) is 0 Å². The van der Waals surface area contributed by atoms with E-state index in [2.05, 4.69) is 53.5 Å². The molecular formula is C21H28N2O2. The van der Waals surface area contributed by atoms with Crippen molar-refractivity contribution in [2.45, 2.75) is 38.9 Å². The van der Waals surface area contributed by atoms with Crippen LogP contribution in [-0.4, -0.2) is 31.2 Å². The van der Waals surface area contributed by atoms with Crippen LogP contribution < -0.4 is 5.32 Å². The molecule has 2 heterocycles. The molecule has 2 aliphatic rings. The number of hydrogen-bond donors (Lipinski definition) is 1. The average Bonchev–Trinajstić information content (AvgIpc) is 3.17. The van der Waals surface area contributed by atoms with Gasteiger partial charge >= 0.3 is 0 Å². The van der Waals surface area contributed by atoms with Gasteiger partial charge in [-0.2, -0.15) is 0 Å². The van der Waals surface area contributed by atoms with Crippen molar-refractivity contribution in [2.24, 2.45) is 5.92 Å². The fraction of sp³-hybridized carbons (Fsp3) is 0.524. The van der Waals surface area contributed by atoms with Crippen LogP contribution in [0.25, 0.3) is 0 Å². The van der Waals surface area contributed by atoms with Crippen LogP contribution in [0.5, 0.6) is 0 Å². The van der Waals surface area contributed by atoms with E-state index in [1.165, 1.54) is 17.5 Å². The molecule has 25 heavy (non-hydrogen) atoms. The second-order valence-corrected chi connectivity index (χ2v) is 7.44. The third kappa shape index (κ3) is 4.51. The Morgan fingerprint density at radius 2 is 1.88 bits per heavy atom. The van der Waals surface area contributed by atoms with E-state index in [4.69, 9.17) is 9.15 Å². The Balaban J connectivity index is 1.26. The maximum absolute atomic E-state index is 5.96. The summed E-state index contributed by atoms with van der Waals surface area (Å²) in [5, 5.41) is 3.51. The van der Waals surface area contributed by atoms with E-state index in [1.54, 1.807) is 0 Å². The molecule has 4 nitrogen and oxygen atoms in total. The average molecular weight is 340 g/mol. The summed E-state index contributed by atoms with van der Waals surface area (Å²) in [6.45, 7) is 8.72. The van der Waals surface area contributed by atoms with Gasteiger partial charge < -0.3 is 14.5 Å². The van der Waals surface area contributed by atoms with Crippen molar-refractivity contribution in [3.05, 3.63) is 59.0 Å². The zero-order valence-electron chi connectivity index (χ0n) is 15.0. The number of nitrogens with zero attached hydrogens (tertiary/aromatic N) is 1. The number of ether oxygens (including phenoxy) is 1. The van der Waals surface area contributed by atoms with Crippen LogP contribution in [-0.2, 0) is 24.4 Å². The number of rotatable bonds is 7. The summed E-state index contributed by atoms with van der Waals surface area (Å²) in [5.41, 5.74) is 2.71. The molecule has 1 saturated heterocycles. The molecule has 4 heteroatoms. The SMILES string of the molecule is CC1CC1c1ccc(CNCc2cccc(CN3CCOCC3)c2)o1. The molecule has 1 aliphatic heterocycles. The molecule has 134 valence electrons. The van der Waals surface area contributed by atoms with E-state index in [1.807, 2.05) is 0 Å². The molecule has 2 atom stereocenters. The Hall–Kier alpha value is -1.62. The van der Waals surface area contributed by atoms with Gasteiger partial charge in [0.15, 0.2) is 0 Å². The Bertz CT molecular complexity index is 691. The van der Waals surface area contributed by atoms with E-state index >= 15 is 0 Å². The van der Waals surface area contributed by atoms with Crippen LogP contribution in [0.2, 0.25) is 0 Å². The maximum atomic E-state index is 5.96. The molecule has 0 radical (unpaired) electrons. The Morgan fingerprint density at radius 3 is 2.68 bits per heavy atom. The standard InChI is InChI=1S/C21H28N2O2/c1-16-11-20(16)21-6-5-19(25-21)14-22-13-17-3-2-4-18(12-17)15-23-7-9-24-10-8-23/h2-6,12,16,20,22H,7-11,13-15H2,1H3. The van der Waals surface area contributed by atoms with E-state index in [0.717, 1.165) is 63.4 Å². The molecule has 2 aromatic rings. The first-order chi connectivity index (χ1) is 12.3. The molecule has 4 rings (SSSR count). The molecule has 2 unspecified atom stereocenters. The minimum absolute atomic E-state index is 0.658. The van der Waals surface area contributed by atoms with E-state index in [0.29, 0.717) is 5.92 Å². The lowest BCUT2D eigenvalue weighted by atomic mass is 10.1. The second-order valence-electron chi connectivity index (χ2n) is 7.44. The van der Waals surface area contributed by atoms with Crippen molar-refractivity contribution in [1.29, 1.82) is 0 Å². The minimum Gasteiger partial charge on any atom is -0.464 e. The molecule has 2 fully saturated rings. The number of furan rings is 1. The Kier molecular flexibility index (Phi) is 5.20. The predicted octanol–water partition coefficient (Wildman–Crippen LogP) is 3.53. The van der Waals surface area contributed by atoms with Gasteiger partial charge in [-0.15, -0.1) is 0 Å². The summed E-state index contributed by atoms with van der Waals surface area (Å²) < 4.78 is 11.4. The highest BCUT2D eigenvalue weighted by Crippen LogP contribution is 2.47. The van der Waals surface area contributed by atoms with Gasteiger partial charge in [-0.05, 0) is 35.6 Å². The topological polar surface area (TPSA) is 37.6 Å². The maximum Gasteiger partial charge on any atom is 0.117 e. The van der Waals surface area contributed by atoms with Crippen molar-refractivity contribution in [2.75, 3.05) is 26.3 Å². The number of nitrogens with one attached hydrogen (secondary N) is 1. The van der Waals surface area contributed by atoms with Gasteiger partial charge in [-0.3, -0.25) is 4.90 Å². The lowest BCUT2D eigenvalue weighted by Gasteiger charge is -2.26. The van der Waals surface area contributed by atoms with Gasteiger partial charge in [-0.1, -0.05) is 31.2 Å². The van der Waals surface area contributed by atoms with Gasteiger partial charge in [-0.25, -0.2) is 0 Å². The van der Waals surface area contributed by atoms with E-state index in [9.17, 15) is 0 Å². The van der Waals surface area contributed by atoms with Gasteiger partial charge in [0.05, 0.1) is 19.8 Å². The normalized spacial score (nSPS) is 23.7. The van der Waals surface area contributed by atoms with Crippen LogP contribution in [0.15, 0.2) is 40.8 Å². The summed E-state index contributed by atoms with van der Waals surface area (Å²) in [4.78, 5) is 2.46. The minimum atomic E-state index is 0.658. The quantitative estimate of drug-likeness (QED) is 0.837. The van der Waals surface area contributed by atoms with E-state index < -0.39 is 0 Å². The summed E-state index contributed by atoms with van der Waals surface area (Å²) >= 11 is 0. The van der Waals surface area contributed by atoms with Crippen molar-refractivity contribution in [3.8, 4) is 0 Å². The monoisotopic (exact) mass is 340 g/mol. The second kappa shape index (κ2) is 7.73. The molecule has 0 amide bonds. The van der Waals surface area contributed by atoms with Crippen molar-refractivity contribution in [1.82, 2.24) is 10.2 Å². The molecular weight excluding hydrogens is 312 g/mol. The van der Waals surface area contributed by atoms with Crippen LogP contribution >= 0.6 is 0 Å². The zero-order chi connectivity index (χ0) is 17.1. The lowest BCUT2D eigenvalue weighted by Crippen LogP contribution is -2.35. The highest BCUT2D eigenvalue weighted by Gasteiger charge is 2.36. The van der Waals surface area contributed by atoms with Crippen molar-refractivity contribution in [3.63, 3.8) is 0 Å². The van der Waals surface area contributed by atoms with Crippen LogP contribution in [0.1, 0.15) is 41.9 Å². The van der Waals surface area contributed by atoms with Gasteiger partial charge in [0.25, 0.3) is 0 Å². The van der Waals surface area contributed by atoms with Crippen LogP contribution in [0.3, 0.4) is 0 Å². The molecule has 0 bridgehead atoms. The third-order valence-corrected chi connectivity index (χ3v) is 5.29. The lowest BCUT2D eigenvalue weighted by molar-refractivity contribution is 0.0342. The van der Waals surface area contributed by atoms with Crippen molar-refractivity contribution < 1.29 is 9.15 Å². The largest absolute Gasteiger partial charge is 0.464 e. The smallest absolute Gasteiger partial charge is 0.117 e. The van der Waals surface area contributed by atoms with Crippen LogP contribution in [0.4, 0.5) is 0 Å². The summed E-state index contributed by atoms with van der Waals surface area (Å²) in [6.07, 6.45) is 1.27. The molecule has 1 aromatic heterocycles. The third-order valence-electron chi connectivity index (χ3n) is 5.29. The summed E-state index contributed by atoms with van der Waals surface area (Å²) in [6, 6.07) is 13.1. The van der Waals surface area contributed by atoms with Gasteiger partial charge in [0, 0.05) is 32.1 Å². The van der Waals surface area contributed by atoms with E-state index in [-0.39, 0.29) is 0 Å². The first-order valence-electron chi connectivity index (χ1n) is 9.45. The zero-order valence-corrected chi connectivity index (χ0v) is 15.0. The van der Waals surface area contributed by atoms with Gasteiger partial charge in [0.1, 0.15) is 11.5 Å². The molecule has 1 N–H and O–H groups in total.